The van der Waals surface area contributed by atoms with E-state index >= 15 is 0 Å². The van der Waals surface area contributed by atoms with Gasteiger partial charge in [-0.2, -0.15) is 4.98 Å². The van der Waals surface area contributed by atoms with Crippen LogP contribution >= 0.6 is 0 Å². The standard InChI is InChI=1S/C20H21N5O6/c1-2-11(10-3-4-13-14(5-10)30-9-29-13)22-20-23-18-17(19(28)24-20)21-8-25(18)16-6-12(27)15(7-26)31-16/h2-5,8,11-12,15-16,26-27H,1,6-7,9H2,(H2,22,23,24,28)/t11?,12-,15+,16+/m0/s1. The predicted octanol–water partition coefficient (Wildman–Crippen LogP) is 0.828. The van der Waals surface area contributed by atoms with Crippen molar-refractivity contribution in [2.75, 3.05) is 18.7 Å². The number of aliphatic hydroxyl groups is 2. The van der Waals surface area contributed by atoms with Crippen LogP contribution in [-0.2, 0) is 4.74 Å². The van der Waals surface area contributed by atoms with Gasteiger partial charge in [-0.3, -0.25) is 14.3 Å². The summed E-state index contributed by atoms with van der Waals surface area (Å²) in [6, 6.07) is 5.15. The van der Waals surface area contributed by atoms with Gasteiger partial charge in [0, 0.05) is 6.42 Å². The van der Waals surface area contributed by atoms with E-state index in [0.717, 1.165) is 5.56 Å². The minimum absolute atomic E-state index is 0.148. The molecule has 1 fully saturated rings. The van der Waals surface area contributed by atoms with Gasteiger partial charge in [0.1, 0.15) is 12.3 Å². The number of ether oxygens (including phenoxy) is 3. The maximum atomic E-state index is 12.6. The number of aromatic amines is 1. The van der Waals surface area contributed by atoms with Gasteiger partial charge >= 0.3 is 0 Å². The zero-order valence-corrected chi connectivity index (χ0v) is 16.4. The Bertz CT molecular complexity index is 1190. The lowest BCUT2D eigenvalue weighted by Crippen LogP contribution is -2.24. The van der Waals surface area contributed by atoms with Crippen LogP contribution in [0.4, 0.5) is 5.95 Å². The number of H-pyrrole nitrogens is 1. The SMILES string of the molecule is C=CC(Nc1nc2c(ncn2[C@H]2C[C@H](O)[C@@H](CO)O2)c(=O)[nH]1)c1ccc2c(c1)OCO2. The zero-order valence-electron chi connectivity index (χ0n) is 16.4. The normalized spacial score (nSPS) is 23.2. The molecule has 0 spiro atoms. The van der Waals surface area contributed by atoms with E-state index in [-0.39, 0.29) is 37.3 Å². The summed E-state index contributed by atoms with van der Waals surface area (Å²) in [5.41, 5.74) is 0.880. The molecule has 31 heavy (non-hydrogen) atoms. The Kier molecular flexibility index (Phi) is 4.85. The fourth-order valence-electron chi connectivity index (χ4n) is 3.79. The molecular formula is C20H21N5O6. The van der Waals surface area contributed by atoms with Crippen molar-refractivity contribution in [1.29, 1.82) is 0 Å². The quantitative estimate of drug-likeness (QED) is 0.420. The number of fused-ring (bicyclic) bond motifs is 2. The van der Waals surface area contributed by atoms with Crippen molar-refractivity contribution in [3.05, 3.63) is 53.1 Å². The fourth-order valence-corrected chi connectivity index (χ4v) is 3.79. The summed E-state index contributed by atoms with van der Waals surface area (Å²) in [6.45, 7) is 3.74. The van der Waals surface area contributed by atoms with Crippen molar-refractivity contribution in [2.24, 2.45) is 0 Å². The molecule has 1 saturated heterocycles. The molecule has 0 bridgehead atoms. The van der Waals surface area contributed by atoms with Gasteiger partial charge in [-0.1, -0.05) is 12.1 Å². The lowest BCUT2D eigenvalue weighted by atomic mass is 10.1. The number of aliphatic hydroxyl groups excluding tert-OH is 2. The van der Waals surface area contributed by atoms with Crippen LogP contribution in [0.15, 0.2) is 42.0 Å². The van der Waals surface area contributed by atoms with Crippen molar-refractivity contribution in [3.8, 4) is 11.5 Å². The topological polar surface area (TPSA) is 144 Å². The van der Waals surface area contributed by atoms with E-state index in [0.29, 0.717) is 17.1 Å². The number of imidazole rings is 1. The molecule has 11 heteroatoms. The van der Waals surface area contributed by atoms with E-state index in [9.17, 15) is 15.0 Å². The van der Waals surface area contributed by atoms with Crippen molar-refractivity contribution in [1.82, 2.24) is 19.5 Å². The third kappa shape index (κ3) is 3.42. The molecule has 1 unspecified atom stereocenters. The van der Waals surface area contributed by atoms with Crippen LogP contribution in [0.5, 0.6) is 11.5 Å². The van der Waals surface area contributed by atoms with Crippen molar-refractivity contribution >= 4 is 17.1 Å². The third-order valence-electron chi connectivity index (χ3n) is 5.41. The average Bonchev–Trinajstić information content (AvgIpc) is 3.49. The molecule has 0 saturated carbocycles. The average molecular weight is 427 g/mol. The minimum atomic E-state index is -0.816. The summed E-state index contributed by atoms with van der Waals surface area (Å²) in [5, 5.41) is 22.5. The summed E-state index contributed by atoms with van der Waals surface area (Å²) in [6.07, 6.45) is 1.27. The number of hydrogen-bond donors (Lipinski definition) is 4. The molecule has 2 aromatic heterocycles. The Labute approximate surface area is 175 Å². The lowest BCUT2D eigenvalue weighted by Gasteiger charge is -2.17. The first-order valence-corrected chi connectivity index (χ1v) is 9.77. The molecule has 0 aliphatic carbocycles. The Morgan fingerprint density at radius 2 is 2.23 bits per heavy atom. The number of aromatic nitrogens is 4. The third-order valence-corrected chi connectivity index (χ3v) is 5.41. The highest BCUT2D eigenvalue weighted by molar-refractivity contribution is 5.71. The molecule has 4 heterocycles. The molecule has 0 radical (unpaired) electrons. The van der Waals surface area contributed by atoms with E-state index in [1.807, 2.05) is 18.2 Å². The van der Waals surface area contributed by atoms with Gasteiger partial charge in [0.15, 0.2) is 22.7 Å². The maximum Gasteiger partial charge on any atom is 0.280 e. The molecule has 5 rings (SSSR count). The summed E-state index contributed by atoms with van der Waals surface area (Å²) >= 11 is 0. The number of nitrogens with zero attached hydrogens (tertiary/aromatic N) is 3. The molecule has 1 aromatic carbocycles. The van der Waals surface area contributed by atoms with Crippen LogP contribution in [0.25, 0.3) is 11.2 Å². The molecule has 3 aromatic rings. The molecule has 162 valence electrons. The Balaban J connectivity index is 1.46. The highest BCUT2D eigenvalue weighted by Gasteiger charge is 2.35. The van der Waals surface area contributed by atoms with Crippen LogP contribution in [-0.4, -0.2) is 55.3 Å². The fraction of sp³-hybridized carbons (Fsp3) is 0.350. The highest BCUT2D eigenvalue weighted by Crippen LogP contribution is 2.35. The van der Waals surface area contributed by atoms with Gasteiger partial charge in [0.25, 0.3) is 5.56 Å². The van der Waals surface area contributed by atoms with E-state index in [1.165, 1.54) is 6.33 Å². The van der Waals surface area contributed by atoms with Gasteiger partial charge in [-0.25, -0.2) is 4.98 Å². The van der Waals surface area contributed by atoms with Crippen LogP contribution in [0.2, 0.25) is 0 Å². The van der Waals surface area contributed by atoms with Gasteiger partial charge in [-0.05, 0) is 17.7 Å². The number of rotatable bonds is 6. The highest BCUT2D eigenvalue weighted by atomic mass is 16.7. The molecule has 0 amide bonds. The first-order chi connectivity index (χ1) is 15.1. The maximum absolute atomic E-state index is 12.6. The minimum Gasteiger partial charge on any atom is -0.454 e. The second kappa shape index (κ2) is 7.69. The molecule has 2 aliphatic rings. The van der Waals surface area contributed by atoms with Crippen molar-refractivity contribution in [2.45, 2.75) is 30.9 Å². The Morgan fingerprint density at radius 3 is 3.00 bits per heavy atom. The van der Waals surface area contributed by atoms with Gasteiger partial charge in [0.05, 0.1) is 25.1 Å². The summed E-state index contributed by atoms with van der Waals surface area (Å²) in [7, 11) is 0. The Morgan fingerprint density at radius 1 is 1.39 bits per heavy atom. The molecular weight excluding hydrogens is 406 g/mol. The summed E-state index contributed by atoms with van der Waals surface area (Å²) in [4.78, 5) is 23.9. The number of anilines is 1. The first kappa shape index (κ1) is 19.5. The van der Waals surface area contributed by atoms with Gasteiger partial charge in [-0.15, -0.1) is 6.58 Å². The number of hydrogen-bond acceptors (Lipinski definition) is 9. The number of nitrogens with one attached hydrogen (secondary N) is 2. The second-order valence-electron chi connectivity index (χ2n) is 7.32. The van der Waals surface area contributed by atoms with E-state index < -0.39 is 24.0 Å². The van der Waals surface area contributed by atoms with Gasteiger partial charge in [0.2, 0.25) is 12.7 Å². The molecule has 4 atom stereocenters. The second-order valence-corrected chi connectivity index (χ2v) is 7.32. The van der Waals surface area contributed by atoms with Crippen LogP contribution in [0, 0.1) is 0 Å². The molecule has 2 aliphatic heterocycles. The van der Waals surface area contributed by atoms with E-state index in [1.54, 1.807) is 10.6 Å². The molecule has 4 N–H and O–H groups in total. The molecule has 11 nitrogen and oxygen atoms in total. The van der Waals surface area contributed by atoms with Crippen LogP contribution < -0.4 is 20.3 Å². The summed E-state index contributed by atoms with van der Waals surface area (Å²) < 4.78 is 18.0. The van der Waals surface area contributed by atoms with Gasteiger partial charge < -0.3 is 29.7 Å². The predicted molar refractivity (Wildman–Crippen MR) is 109 cm³/mol. The monoisotopic (exact) mass is 427 g/mol. The van der Waals surface area contributed by atoms with Crippen molar-refractivity contribution < 1.29 is 24.4 Å². The lowest BCUT2D eigenvalue weighted by molar-refractivity contribution is -0.0432. The number of benzene rings is 1. The van der Waals surface area contributed by atoms with E-state index in [2.05, 4.69) is 26.8 Å². The van der Waals surface area contributed by atoms with Crippen LogP contribution in [0.3, 0.4) is 0 Å². The first-order valence-electron chi connectivity index (χ1n) is 9.77. The van der Waals surface area contributed by atoms with Crippen LogP contribution in [0.1, 0.15) is 24.3 Å². The van der Waals surface area contributed by atoms with E-state index in [4.69, 9.17) is 14.2 Å². The summed E-state index contributed by atoms with van der Waals surface area (Å²) in [5.74, 6) is 1.53. The Hall–Kier alpha value is -3.41. The zero-order chi connectivity index (χ0) is 21.5. The smallest absolute Gasteiger partial charge is 0.280 e. The largest absolute Gasteiger partial charge is 0.454 e. The van der Waals surface area contributed by atoms with Crippen molar-refractivity contribution in [3.63, 3.8) is 0 Å².